The second-order valence-electron chi connectivity index (χ2n) is 3.29. The van der Waals surface area contributed by atoms with Gasteiger partial charge in [-0.1, -0.05) is 19.1 Å². The van der Waals surface area contributed by atoms with Crippen molar-refractivity contribution >= 4 is 11.9 Å². The van der Waals surface area contributed by atoms with Gasteiger partial charge in [-0.05, 0) is 25.1 Å². The topological polar surface area (TPSA) is 94.8 Å². The number of allylic oxidation sites excluding steroid dienone is 2. The summed E-state index contributed by atoms with van der Waals surface area (Å²) in [6, 6.07) is 5.48. The molecule has 0 aliphatic heterocycles. The molecule has 18 heavy (non-hydrogen) atoms. The third kappa shape index (κ3) is 5.16. The summed E-state index contributed by atoms with van der Waals surface area (Å²) in [7, 11) is 0. The van der Waals surface area contributed by atoms with Crippen molar-refractivity contribution in [1.29, 1.82) is 0 Å². The summed E-state index contributed by atoms with van der Waals surface area (Å²) in [4.78, 5) is 20.9. The third-order valence-electron chi connectivity index (χ3n) is 2.08. The highest BCUT2D eigenvalue weighted by Crippen LogP contribution is 2.07. The second-order valence-corrected chi connectivity index (χ2v) is 3.29. The highest BCUT2D eigenvalue weighted by molar-refractivity contribution is 6.01. The number of rotatable bonds is 3. The van der Waals surface area contributed by atoms with Gasteiger partial charge in [-0.25, -0.2) is 9.59 Å². The molecule has 0 bridgehead atoms. The number of hydrogen-bond acceptors (Lipinski definition) is 3. The molecule has 5 nitrogen and oxygen atoms in total. The molecule has 0 aromatic heterocycles. The number of carboxylic acids is 2. The van der Waals surface area contributed by atoms with E-state index in [-0.39, 0.29) is 11.1 Å². The highest BCUT2D eigenvalue weighted by Gasteiger charge is 2.13. The Balaban J connectivity index is 0.000000411. The Hall–Kier alpha value is -2.30. The zero-order chi connectivity index (χ0) is 14.1. The fourth-order valence-corrected chi connectivity index (χ4v) is 1.06. The average molecular weight is 252 g/mol. The Morgan fingerprint density at radius 2 is 1.44 bits per heavy atom. The summed E-state index contributed by atoms with van der Waals surface area (Å²) < 4.78 is 0. The fourth-order valence-electron chi connectivity index (χ4n) is 1.06. The minimum atomic E-state index is -1.23. The lowest BCUT2D eigenvalue weighted by Crippen LogP contribution is -2.06. The zero-order valence-corrected chi connectivity index (χ0v) is 10.3. The van der Waals surface area contributed by atoms with Crippen LogP contribution in [0.25, 0.3) is 0 Å². The van der Waals surface area contributed by atoms with Gasteiger partial charge in [0.25, 0.3) is 0 Å². The third-order valence-corrected chi connectivity index (χ3v) is 2.08. The monoisotopic (exact) mass is 252 g/mol. The summed E-state index contributed by atoms with van der Waals surface area (Å²) in [5.74, 6) is -1.99. The molecule has 1 aromatic rings. The zero-order valence-electron chi connectivity index (χ0n) is 10.3. The van der Waals surface area contributed by atoms with E-state index in [4.69, 9.17) is 15.3 Å². The van der Waals surface area contributed by atoms with Gasteiger partial charge < -0.3 is 15.3 Å². The molecule has 0 spiro atoms. The largest absolute Gasteiger partial charge is 0.513 e. The molecule has 0 aliphatic carbocycles. The van der Waals surface area contributed by atoms with Crippen molar-refractivity contribution in [1.82, 2.24) is 0 Å². The van der Waals surface area contributed by atoms with Gasteiger partial charge in [0.15, 0.2) is 0 Å². The molecule has 0 heterocycles. The fraction of sp³-hybridized carbons (Fsp3) is 0.231. The van der Waals surface area contributed by atoms with Crippen LogP contribution < -0.4 is 0 Å². The lowest BCUT2D eigenvalue weighted by Gasteiger charge is -1.98. The molecule has 0 aliphatic rings. The summed E-state index contributed by atoms with van der Waals surface area (Å²) in [5.41, 5.74) is -0.380. The van der Waals surface area contributed by atoms with E-state index in [1.54, 1.807) is 6.08 Å². The molecule has 3 N–H and O–H groups in total. The number of carboxylic acid groups (broad SMARTS) is 2. The smallest absolute Gasteiger partial charge is 0.336 e. The SMILES string of the molecule is CC=C(O)CC.O=C(O)c1ccccc1C(=O)O. The highest BCUT2D eigenvalue weighted by atomic mass is 16.4. The van der Waals surface area contributed by atoms with Gasteiger partial charge >= 0.3 is 11.9 Å². The molecular weight excluding hydrogens is 236 g/mol. The molecule has 0 amide bonds. The Morgan fingerprint density at radius 3 is 1.61 bits per heavy atom. The van der Waals surface area contributed by atoms with E-state index in [0.29, 0.717) is 5.76 Å². The molecular formula is C13H16O5. The van der Waals surface area contributed by atoms with E-state index in [9.17, 15) is 9.59 Å². The van der Waals surface area contributed by atoms with E-state index in [1.807, 2.05) is 13.8 Å². The van der Waals surface area contributed by atoms with E-state index < -0.39 is 11.9 Å². The van der Waals surface area contributed by atoms with Crippen molar-refractivity contribution in [3.63, 3.8) is 0 Å². The van der Waals surface area contributed by atoms with Crippen LogP contribution in [0.4, 0.5) is 0 Å². The summed E-state index contributed by atoms with van der Waals surface area (Å²) in [6.45, 7) is 3.73. The second kappa shape index (κ2) is 7.89. The van der Waals surface area contributed by atoms with Gasteiger partial charge in [0.1, 0.15) is 0 Å². The van der Waals surface area contributed by atoms with Crippen molar-refractivity contribution in [3.05, 3.63) is 47.2 Å². The van der Waals surface area contributed by atoms with Crippen LogP contribution in [0.3, 0.4) is 0 Å². The van der Waals surface area contributed by atoms with Gasteiger partial charge in [0.05, 0.1) is 16.9 Å². The minimum Gasteiger partial charge on any atom is -0.513 e. The van der Waals surface area contributed by atoms with Crippen LogP contribution in [0.15, 0.2) is 36.1 Å². The normalized spacial score (nSPS) is 10.2. The van der Waals surface area contributed by atoms with Gasteiger partial charge in [0, 0.05) is 6.42 Å². The van der Waals surface area contributed by atoms with Crippen molar-refractivity contribution in [2.45, 2.75) is 20.3 Å². The molecule has 1 rings (SSSR count). The molecule has 0 atom stereocenters. The van der Waals surface area contributed by atoms with Crippen molar-refractivity contribution in [2.24, 2.45) is 0 Å². The van der Waals surface area contributed by atoms with Gasteiger partial charge in [0.2, 0.25) is 0 Å². The lowest BCUT2D eigenvalue weighted by molar-refractivity contribution is 0.0651. The Morgan fingerprint density at radius 1 is 1.06 bits per heavy atom. The van der Waals surface area contributed by atoms with E-state index in [0.717, 1.165) is 6.42 Å². The first kappa shape index (κ1) is 15.7. The first-order valence-corrected chi connectivity index (χ1v) is 5.33. The van der Waals surface area contributed by atoms with Crippen LogP contribution >= 0.6 is 0 Å². The molecule has 5 heteroatoms. The van der Waals surface area contributed by atoms with Crippen LogP contribution in [-0.2, 0) is 0 Å². The lowest BCUT2D eigenvalue weighted by atomic mass is 10.1. The molecule has 0 saturated carbocycles. The molecule has 0 unspecified atom stereocenters. The standard InChI is InChI=1S/C8H6O4.C5H10O/c9-7(10)5-3-1-2-4-6(5)8(11)12;1-3-5(6)4-2/h1-4H,(H,9,10)(H,11,12);3,6H,4H2,1-2H3. The van der Waals surface area contributed by atoms with Crippen LogP contribution in [0.1, 0.15) is 41.0 Å². The maximum absolute atomic E-state index is 10.5. The summed E-state index contributed by atoms with van der Waals surface area (Å²) in [6.07, 6.45) is 2.44. The molecule has 0 fully saturated rings. The summed E-state index contributed by atoms with van der Waals surface area (Å²) in [5, 5.41) is 25.6. The van der Waals surface area contributed by atoms with Crippen LogP contribution in [-0.4, -0.2) is 27.3 Å². The van der Waals surface area contributed by atoms with Crippen molar-refractivity contribution in [2.75, 3.05) is 0 Å². The number of hydrogen-bond donors (Lipinski definition) is 3. The Bertz CT molecular complexity index is 415. The first-order valence-electron chi connectivity index (χ1n) is 5.33. The van der Waals surface area contributed by atoms with E-state index >= 15 is 0 Å². The number of aliphatic hydroxyl groups excluding tert-OH is 1. The van der Waals surface area contributed by atoms with Gasteiger partial charge in [-0.2, -0.15) is 0 Å². The van der Waals surface area contributed by atoms with E-state index in [2.05, 4.69) is 0 Å². The van der Waals surface area contributed by atoms with E-state index in [1.165, 1.54) is 24.3 Å². The maximum atomic E-state index is 10.5. The van der Waals surface area contributed by atoms with Gasteiger partial charge in [-0.15, -0.1) is 0 Å². The molecule has 0 radical (unpaired) electrons. The average Bonchev–Trinajstić information content (AvgIpc) is 2.38. The van der Waals surface area contributed by atoms with Crippen molar-refractivity contribution < 1.29 is 24.9 Å². The summed E-state index contributed by atoms with van der Waals surface area (Å²) >= 11 is 0. The Kier molecular flexibility index (Phi) is 6.88. The first-order chi connectivity index (χ1) is 8.43. The van der Waals surface area contributed by atoms with Crippen LogP contribution in [0.2, 0.25) is 0 Å². The number of aromatic carboxylic acids is 2. The Labute approximate surface area is 105 Å². The molecule has 0 saturated heterocycles. The quantitative estimate of drug-likeness (QED) is 0.719. The number of carbonyl (C=O) groups is 2. The molecule has 98 valence electrons. The van der Waals surface area contributed by atoms with Gasteiger partial charge in [-0.3, -0.25) is 0 Å². The predicted molar refractivity (Wildman–Crippen MR) is 67.0 cm³/mol. The maximum Gasteiger partial charge on any atom is 0.336 e. The predicted octanol–water partition coefficient (Wildman–Crippen LogP) is 2.94. The van der Waals surface area contributed by atoms with Crippen LogP contribution in [0.5, 0.6) is 0 Å². The van der Waals surface area contributed by atoms with Crippen LogP contribution in [0, 0.1) is 0 Å². The number of benzene rings is 1. The molecule has 1 aromatic carbocycles. The number of aliphatic hydroxyl groups is 1. The minimum absolute atomic E-state index is 0.190. The van der Waals surface area contributed by atoms with Crippen molar-refractivity contribution in [3.8, 4) is 0 Å².